The molecule has 1 aliphatic heterocycles. The van der Waals surface area contributed by atoms with Crippen LogP contribution < -0.4 is 10.2 Å². The molecule has 7 nitrogen and oxygen atoms in total. The van der Waals surface area contributed by atoms with Gasteiger partial charge in [0.05, 0.1) is 5.56 Å². The molecule has 1 aliphatic rings. The lowest BCUT2D eigenvalue weighted by Gasteiger charge is -2.34. The molecule has 1 fully saturated rings. The molecule has 0 bridgehead atoms. The van der Waals surface area contributed by atoms with Gasteiger partial charge in [0, 0.05) is 51.3 Å². The average Bonchev–Trinajstić information content (AvgIpc) is 2.79. The van der Waals surface area contributed by atoms with E-state index in [9.17, 15) is 9.18 Å². The first-order valence-corrected chi connectivity index (χ1v) is 9.45. The molecular formula is C21H21FN6O. The molecule has 0 aliphatic carbocycles. The number of carbonyl (C=O) groups excluding carboxylic acids is 1. The molecule has 0 spiro atoms. The summed E-state index contributed by atoms with van der Waals surface area (Å²) in [5.41, 5.74) is 1.51. The second kappa shape index (κ2) is 8.64. The summed E-state index contributed by atoms with van der Waals surface area (Å²) >= 11 is 0. The molecule has 3 heterocycles. The van der Waals surface area contributed by atoms with E-state index in [2.05, 4.69) is 25.2 Å². The molecule has 0 atom stereocenters. The highest BCUT2D eigenvalue weighted by molar-refractivity contribution is 5.94. The van der Waals surface area contributed by atoms with Crippen molar-refractivity contribution >= 4 is 17.7 Å². The molecule has 1 N–H and O–H groups in total. The van der Waals surface area contributed by atoms with Crippen LogP contribution in [-0.4, -0.2) is 51.9 Å². The number of rotatable bonds is 5. The summed E-state index contributed by atoms with van der Waals surface area (Å²) in [5, 5.41) is 3.17. The number of piperazine rings is 1. The Bertz CT molecular complexity index is 941. The molecule has 4 rings (SSSR count). The molecule has 0 unspecified atom stereocenters. The number of aromatic nitrogens is 3. The third kappa shape index (κ3) is 4.66. The smallest absolute Gasteiger partial charge is 0.255 e. The lowest BCUT2D eigenvalue weighted by Crippen LogP contribution is -2.49. The lowest BCUT2D eigenvalue weighted by atomic mass is 10.2. The van der Waals surface area contributed by atoms with Gasteiger partial charge in [-0.05, 0) is 35.9 Å². The van der Waals surface area contributed by atoms with E-state index in [-0.39, 0.29) is 11.7 Å². The van der Waals surface area contributed by atoms with Crippen LogP contribution >= 0.6 is 0 Å². The van der Waals surface area contributed by atoms with Crippen LogP contribution in [0, 0.1) is 5.82 Å². The second-order valence-electron chi connectivity index (χ2n) is 6.74. The van der Waals surface area contributed by atoms with Crippen LogP contribution in [0.2, 0.25) is 0 Å². The average molecular weight is 392 g/mol. The van der Waals surface area contributed by atoms with Crippen molar-refractivity contribution in [1.29, 1.82) is 0 Å². The van der Waals surface area contributed by atoms with Crippen molar-refractivity contribution in [3.8, 4) is 0 Å². The minimum Gasteiger partial charge on any atom is -0.366 e. The summed E-state index contributed by atoms with van der Waals surface area (Å²) in [7, 11) is 0. The maximum atomic E-state index is 13.0. The third-order valence-corrected chi connectivity index (χ3v) is 4.80. The molecule has 3 aromatic rings. The largest absolute Gasteiger partial charge is 0.366 e. The summed E-state index contributed by atoms with van der Waals surface area (Å²) in [6, 6.07) is 11.6. The van der Waals surface area contributed by atoms with Gasteiger partial charge in [0.15, 0.2) is 0 Å². The zero-order valence-corrected chi connectivity index (χ0v) is 15.8. The first kappa shape index (κ1) is 18.8. The number of benzene rings is 1. The summed E-state index contributed by atoms with van der Waals surface area (Å²) in [5.74, 6) is 1.07. The summed E-state index contributed by atoms with van der Waals surface area (Å²) in [4.78, 5) is 29.5. The Morgan fingerprint density at radius 1 is 0.966 bits per heavy atom. The number of halogens is 1. The standard InChI is InChI=1S/C21H21FN6O/c22-18-5-2-16(3-6-18)14-25-19-7-4-17(15-26-19)20(29)27-10-12-28(13-11-27)21-23-8-1-9-24-21/h1-9,15H,10-14H2,(H,25,26). The highest BCUT2D eigenvalue weighted by atomic mass is 19.1. The number of carbonyl (C=O) groups is 1. The van der Waals surface area contributed by atoms with Gasteiger partial charge < -0.3 is 15.1 Å². The van der Waals surface area contributed by atoms with Crippen LogP contribution in [0.4, 0.5) is 16.2 Å². The number of anilines is 2. The van der Waals surface area contributed by atoms with Gasteiger partial charge in [-0.3, -0.25) is 4.79 Å². The normalized spacial score (nSPS) is 14.0. The number of amides is 1. The molecule has 2 aromatic heterocycles. The first-order valence-electron chi connectivity index (χ1n) is 9.45. The van der Waals surface area contributed by atoms with E-state index in [1.165, 1.54) is 12.1 Å². The first-order chi connectivity index (χ1) is 14.2. The SMILES string of the molecule is O=C(c1ccc(NCc2ccc(F)cc2)nc1)N1CCN(c2ncccn2)CC1. The van der Waals surface area contributed by atoms with E-state index >= 15 is 0 Å². The molecule has 29 heavy (non-hydrogen) atoms. The van der Waals surface area contributed by atoms with E-state index < -0.39 is 0 Å². The van der Waals surface area contributed by atoms with E-state index in [4.69, 9.17) is 0 Å². The second-order valence-corrected chi connectivity index (χ2v) is 6.74. The van der Waals surface area contributed by atoms with Crippen molar-refractivity contribution in [1.82, 2.24) is 19.9 Å². The summed E-state index contributed by atoms with van der Waals surface area (Å²) in [6.07, 6.45) is 5.02. The van der Waals surface area contributed by atoms with Crippen LogP contribution in [0.25, 0.3) is 0 Å². The van der Waals surface area contributed by atoms with Crippen LogP contribution in [-0.2, 0) is 6.54 Å². The highest BCUT2D eigenvalue weighted by Crippen LogP contribution is 2.14. The Morgan fingerprint density at radius 2 is 1.69 bits per heavy atom. The molecule has 8 heteroatoms. The number of hydrogen-bond donors (Lipinski definition) is 1. The van der Waals surface area contributed by atoms with Crippen LogP contribution in [0.15, 0.2) is 61.1 Å². The Hall–Kier alpha value is -3.55. The lowest BCUT2D eigenvalue weighted by molar-refractivity contribution is 0.0746. The van der Waals surface area contributed by atoms with Crippen molar-refractivity contribution < 1.29 is 9.18 Å². The summed E-state index contributed by atoms with van der Waals surface area (Å²) < 4.78 is 13.0. The number of pyridine rings is 1. The zero-order chi connectivity index (χ0) is 20.1. The number of nitrogens with zero attached hydrogens (tertiary/aromatic N) is 5. The minimum absolute atomic E-state index is 0.0313. The van der Waals surface area contributed by atoms with Gasteiger partial charge >= 0.3 is 0 Å². The van der Waals surface area contributed by atoms with Crippen molar-refractivity contribution in [3.05, 3.63) is 78.0 Å². The monoisotopic (exact) mass is 392 g/mol. The Balaban J connectivity index is 1.31. The molecule has 1 amide bonds. The molecule has 1 aromatic carbocycles. The van der Waals surface area contributed by atoms with Gasteiger partial charge in [0.25, 0.3) is 5.91 Å². The Kier molecular flexibility index (Phi) is 5.60. The molecule has 0 radical (unpaired) electrons. The van der Waals surface area contributed by atoms with Gasteiger partial charge in [-0.2, -0.15) is 0 Å². The van der Waals surface area contributed by atoms with Crippen molar-refractivity contribution in [2.45, 2.75) is 6.54 Å². The van der Waals surface area contributed by atoms with Gasteiger partial charge in [-0.1, -0.05) is 12.1 Å². The van der Waals surface area contributed by atoms with Crippen LogP contribution in [0.1, 0.15) is 15.9 Å². The van der Waals surface area contributed by atoms with Gasteiger partial charge in [-0.15, -0.1) is 0 Å². The Morgan fingerprint density at radius 3 is 2.34 bits per heavy atom. The van der Waals surface area contributed by atoms with Crippen LogP contribution in [0.5, 0.6) is 0 Å². The quantitative estimate of drug-likeness (QED) is 0.720. The van der Waals surface area contributed by atoms with E-state index in [1.54, 1.807) is 48.9 Å². The van der Waals surface area contributed by atoms with E-state index in [0.717, 1.165) is 5.56 Å². The molecule has 0 saturated carbocycles. The number of nitrogens with one attached hydrogen (secondary N) is 1. The van der Waals surface area contributed by atoms with Crippen LogP contribution in [0.3, 0.4) is 0 Å². The summed E-state index contributed by atoms with van der Waals surface area (Å²) in [6.45, 7) is 3.15. The van der Waals surface area contributed by atoms with Gasteiger partial charge in [-0.25, -0.2) is 19.3 Å². The maximum Gasteiger partial charge on any atom is 0.255 e. The topological polar surface area (TPSA) is 74.2 Å². The minimum atomic E-state index is -0.258. The van der Waals surface area contributed by atoms with Gasteiger partial charge in [0.1, 0.15) is 11.6 Å². The molecule has 1 saturated heterocycles. The fraction of sp³-hybridized carbons (Fsp3) is 0.238. The zero-order valence-electron chi connectivity index (χ0n) is 15.8. The fourth-order valence-electron chi connectivity index (χ4n) is 3.17. The van der Waals surface area contributed by atoms with Gasteiger partial charge in [0.2, 0.25) is 5.95 Å². The third-order valence-electron chi connectivity index (χ3n) is 4.80. The van der Waals surface area contributed by atoms with Crippen molar-refractivity contribution in [2.75, 3.05) is 36.4 Å². The van der Waals surface area contributed by atoms with Crippen molar-refractivity contribution in [2.24, 2.45) is 0 Å². The predicted octanol–water partition coefficient (Wildman–Crippen LogP) is 2.59. The molecular weight excluding hydrogens is 371 g/mol. The fourth-order valence-corrected chi connectivity index (χ4v) is 3.17. The van der Waals surface area contributed by atoms with E-state index in [0.29, 0.717) is 50.1 Å². The maximum absolute atomic E-state index is 13.0. The van der Waals surface area contributed by atoms with Crippen molar-refractivity contribution in [3.63, 3.8) is 0 Å². The number of hydrogen-bond acceptors (Lipinski definition) is 6. The highest BCUT2D eigenvalue weighted by Gasteiger charge is 2.23. The predicted molar refractivity (Wildman–Crippen MR) is 108 cm³/mol. The Labute approximate surface area is 168 Å². The van der Waals surface area contributed by atoms with E-state index in [1.807, 2.05) is 4.90 Å². The molecule has 148 valence electrons.